The summed E-state index contributed by atoms with van der Waals surface area (Å²) in [6.45, 7) is 9.34. The molecule has 6 bridgehead atoms. The maximum absolute atomic E-state index is 14.4. The number of likely N-dealkylation sites (tertiary alicyclic amines) is 1. The van der Waals surface area contributed by atoms with E-state index in [-0.39, 0.29) is 44.2 Å². The molecule has 5 rings (SSSR count). The van der Waals surface area contributed by atoms with E-state index in [1.165, 1.54) is 4.90 Å². The lowest BCUT2D eigenvalue weighted by molar-refractivity contribution is -0.144. The number of likely N-dealkylation sites (N-methyl/N-ethyl adjacent to an activating group) is 1. The molecule has 16 heteroatoms. The molecule has 3 heterocycles. The molecule has 0 saturated carbocycles. The number of nitrogens with one attached hydrogen (secondary N) is 4. The summed E-state index contributed by atoms with van der Waals surface area (Å²) in [7, 11) is 1.64. The van der Waals surface area contributed by atoms with Gasteiger partial charge in [-0.2, -0.15) is 0 Å². The van der Waals surface area contributed by atoms with Crippen LogP contribution in [0.1, 0.15) is 50.1 Å². The Kier molecular flexibility index (Phi) is 13.0. The fraction of sp³-hybridized carbons (Fsp3) is 0.447. The molecule has 0 radical (unpaired) electrons. The van der Waals surface area contributed by atoms with Gasteiger partial charge in [0.05, 0.1) is 18.3 Å². The Morgan fingerprint density at radius 2 is 1.87 bits per heavy atom. The first-order chi connectivity index (χ1) is 25.9. The van der Waals surface area contributed by atoms with E-state index in [4.69, 9.17) is 9.47 Å². The van der Waals surface area contributed by atoms with Crippen LogP contribution in [0.25, 0.3) is 0 Å². The predicted molar refractivity (Wildman–Crippen MR) is 196 cm³/mol. The molecular weight excluding hydrogens is 696 g/mol. The Balaban J connectivity index is 1.52. The van der Waals surface area contributed by atoms with Gasteiger partial charge in [0, 0.05) is 25.8 Å². The molecule has 3 aromatic rings. The number of carbonyl (C=O) groups is 5. The van der Waals surface area contributed by atoms with E-state index in [1.54, 1.807) is 93.3 Å². The first-order valence-corrected chi connectivity index (χ1v) is 17.9. The summed E-state index contributed by atoms with van der Waals surface area (Å²) in [4.78, 5) is 69.5. The van der Waals surface area contributed by atoms with E-state index in [2.05, 4.69) is 38.2 Å². The normalized spacial score (nSPS) is 21.4. The van der Waals surface area contributed by atoms with Crippen LogP contribution < -0.4 is 30.7 Å². The molecule has 288 valence electrons. The average molecular weight is 745 g/mol. The molecule has 2 aliphatic heterocycles. The van der Waals surface area contributed by atoms with Crippen LogP contribution in [0.3, 0.4) is 0 Å². The van der Waals surface area contributed by atoms with Crippen LogP contribution in [-0.2, 0) is 43.4 Å². The summed E-state index contributed by atoms with van der Waals surface area (Å²) < 4.78 is 13.1. The Hall–Kier alpha value is -5.77. The van der Waals surface area contributed by atoms with E-state index in [1.807, 2.05) is 0 Å². The molecule has 2 aromatic carbocycles. The molecule has 54 heavy (non-hydrogen) atoms. The lowest BCUT2D eigenvalue weighted by Crippen LogP contribution is -2.59. The van der Waals surface area contributed by atoms with Gasteiger partial charge in [0.1, 0.15) is 54.6 Å². The topological polar surface area (TPSA) is 206 Å². The highest BCUT2D eigenvalue weighted by atomic mass is 16.5. The van der Waals surface area contributed by atoms with Crippen molar-refractivity contribution in [2.45, 2.75) is 82.9 Å². The van der Waals surface area contributed by atoms with Crippen molar-refractivity contribution < 1.29 is 38.6 Å². The SMILES string of the molecule is C=CCOc1ccc(C[C@@H]2NC(=O)[C@@H]3C[C@@H](CN3C(=O)[C@@H](NC(=O)[C@H](C)NC)C(C)C)n3cc(nn3)COc3cccc(c3)C[C@H](C(=O)O)NC2=O)cc1. The van der Waals surface area contributed by atoms with E-state index in [0.29, 0.717) is 34.9 Å². The van der Waals surface area contributed by atoms with Crippen LogP contribution in [-0.4, -0.2) is 105 Å². The number of aromatic nitrogens is 3. The number of carboxylic acid groups (broad SMARTS) is 1. The summed E-state index contributed by atoms with van der Waals surface area (Å²) >= 11 is 0. The molecule has 0 spiro atoms. The van der Waals surface area contributed by atoms with E-state index in [0.717, 1.165) is 0 Å². The molecule has 2 aliphatic rings. The second-order valence-corrected chi connectivity index (χ2v) is 13.9. The van der Waals surface area contributed by atoms with Gasteiger partial charge in [-0.25, -0.2) is 9.48 Å². The van der Waals surface area contributed by atoms with Crippen molar-refractivity contribution in [1.82, 2.24) is 41.2 Å². The third kappa shape index (κ3) is 9.80. The molecule has 1 fully saturated rings. The number of aliphatic carboxylic acids is 1. The standard InChI is InChI=1S/C38H48N8O8/c1-6-14-53-28-12-10-24(11-13-28)16-30-35(48)41-31(38(51)52)17-25-8-7-9-29(15-25)54-21-26-19-46(44-43-26)27-18-32(36(49)40-30)45(20-27)37(50)33(22(2)3)42-34(47)23(4)39-5/h6-13,15,19,22-23,27,30-33,39H,1,14,16-18,20-21H2,2-5H3,(H,40,49)(H,41,48)(H,42,47)(H,51,52)/t23-,27-,30-,31+,32-,33-/m0/s1. The van der Waals surface area contributed by atoms with Gasteiger partial charge in [-0.05, 0) is 55.3 Å². The van der Waals surface area contributed by atoms with E-state index in [9.17, 15) is 29.1 Å². The van der Waals surface area contributed by atoms with Crippen molar-refractivity contribution in [2.24, 2.45) is 5.92 Å². The summed E-state index contributed by atoms with van der Waals surface area (Å²) in [6.07, 6.45) is 3.36. The first-order valence-electron chi connectivity index (χ1n) is 17.9. The van der Waals surface area contributed by atoms with Crippen LogP contribution >= 0.6 is 0 Å². The highest BCUT2D eigenvalue weighted by Gasteiger charge is 2.45. The predicted octanol–water partition coefficient (Wildman–Crippen LogP) is 1.17. The molecule has 16 nitrogen and oxygen atoms in total. The lowest BCUT2D eigenvalue weighted by Gasteiger charge is -2.32. The molecule has 5 N–H and O–H groups in total. The summed E-state index contributed by atoms with van der Waals surface area (Å²) in [5, 5.41) is 29.9. The molecule has 6 atom stereocenters. The first kappa shape index (κ1) is 39.4. The third-order valence-electron chi connectivity index (χ3n) is 9.56. The van der Waals surface area contributed by atoms with Gasteiger partial charge < -0.3 is 40.7 Å². The summed E-state index contributed by atoms with van der Waals surface area (Å²) in [6, 6.07) is 8.13. The van der Waals surface area contributed by atoms with Gasteiger partial charge in [-0.1, -0.05) is 56.0 Å². The number of benzene rings is 2. The van der Waals surface area contributed by atoms with Crippen molar-refractivity contribution in [3.05, 3.63) is 84.2 Å². The minimum atomic E-state index is -1.34. The zero-order valence-electron chi connectivity index (χ0n) is 30.9. The maximum Gasteiger partial charge on any atom is 0.326 e. The molecule has 0 aliphatic carbocycles. The van der Waals surface area contributed by atoms with Crippen LogP contribution in [0.5, 0.6) is 11.5 Å². The van der Waals surface area contributed by atoms with Crippen molar-refractivity contribution in [3.63, 3.8) is 0 Å². The largest absolute Gasteiger partial charge is 0.490 e. The minimum Gasteiger partial charge on any atom is -0.490 e. The number of carbonyl (C=O) groups excluding carboxylic acids is 4. The fourth-order valence-corrected chi connectivity index (χ4v) is 6.37. The summed E-state index contributed by atoms with van der Waals surface area (Å²) in [5.74, 6) is -2.75. The number of carboxylic acids is 1. The van der Waals surface area contributed by atoms with Gasteiger partial charge in [0.2, 0.25) is 23.6 Å². The minimum absolute atomic E-state index is 0.00190. The smallest absolute Gasteiger partial charge is 0.326 e. The zero-order valence-corrected chi connectivity index (χ0v) is 30.9. The Morgan fingerprint density at radius 1 is 1.11 bits per heavy atom. The number of hydrogen-bond donors (Lipinski definition) is 5. The van der Waals surface area contributed by atoms with Crippen LogP contribution in [0.15, 0.2) is 67.4 Å². The van der Waals surface area contributed by atoms with Gasteiger partial charge >= 0.3 is 5.97 Å². The number of nitrogens with zero attached hydrogens (tertiary/aromatic N) is 4. The lowest BCUT2D eigenvalue weighted by atomic mass is 10.0. The van der Waals surface area contributed by atoms with E-state index < -0.39 is 59.9 Å². The van der Waals surface area contributed by atoms with Gasteiger partial charge in [-0.3, -0.25) is 19.2 Å². The van der Waals surface area contributed by atoms with Crippen molar-refractivity contribution >= 4 is 29.6 Å². The van der Waals surface area contributed by atoms with Crippen LogP contribution in [0, 0.1) is 5.92 Å². The van der Waals surface area contributed by atoms with Crippen LogP contribution in [0.2, 0.25) is 0 Å². The zero-order chi connectivity index (χ0) is 38.9. The number of rotatable bonds is 11. The maximum atomic E-state index is 14.4. The highest BCUT2D eigenvalue weighted by Crippen LogP contribution is 2.29. The second kappa shape index (κ2) is 17.8. The highest BCUT2D eigenvalue weighted by molar-refractivity contribution is 5.96. The molecular formula is C38H48N8O8. The van der Waals surface area contributed by atoms with Gasteiger partial charge in [0.25, 0.3) is 0 Å². The Bertz CT molecular complexity index is 1830. The molecule has 1 saturated heterocycles. The van der Waals surface area contributed by atoms with Gasteiger partial charge in [-0.15, -0.1) is 5.10 Å². The third-order valence-corrected chi connectivity index (χ3v) is 9.56. The average Bonchev–Trinajstić information content (AvgIpc) is 3.82. The number of ether oxygens (including phenoxy) is 2. The van der Waals surface area contributed by atoms with Crippen molar-refractivity contribution in [3.8, 4) is 11.5 Å². The number of fused-ring (bicyclic) bond motifs is 7. The van der Waals surface area contributed by atoms with Gasteiger partial charge in [0.15, 0.2) is 0 Å². The Morgan fingerprint density at radius 3 is 2.56 bits per heavy atom. The Labute approximate surface area is 313 Å². The molecule has 0 unspecified atom stereocenters. The fourth-order valence-electron chi connectivity index (χ4n) is 6.37. The number of hydrogen-bond acceptors (Lipinski definition) is 10. The number of amides is 4. The monoisotopic (exact) mass is 744 g/mol. The molecule has 4 amide bonds. The quantitative estimate of drug-likeness (QED) is 0.176. The second-order valence-electron chi connectivity index (χ2n) is 13.9. The summed E-state index contributed by atoms with van der Waals surface area (Å²) in [5.41, 5.74) is 1.76. The van der Waals surface area contributed by atoms with E-state index >= 15 is 0 Å². The molecule has 1 aromatic heterocycles. The van der Waals surface area contributed by atoms with Crippen molar-refractivity contribution in [1.29, 1.82) is 0 Å². The van der Waals surface area contributed by atoms with Crippen LogP contribution in [0.4, 0.5) is 0 Å². The van der Waals surface area contributed by atoms with Crippen molar-refractivity contribution in [2.75, 3.05) is 20.2 Å².